The molecule has 1 saturated carbocycles. The summed E-state index contributed by atoms with van der Waals surface area (Å²) >= 11 is 1.71. The first-order valence-electron chi connectivity index (χ1n) is 6.39. The standard InChI is InChI=1S/C15H20OS/c1-11-3-5-12(6-4-11)15(16)13-7-9-14(17-2)10-8-13/h7-12H,3-6H2,1-2H3. The minimum atomic E-state index is 0.270. The maximum atomic E-state index is 12.3. The molecule has 17 heavy (non-hydrogen) atoms. The van der Waals surface area contributed by atoms with Crippen molar-refractivity contribution in [1.29, 1.82) is 0 Å². The van der Waals surface area contributed by atoms with Gasteiger partial charge in [0.1, 0.15) is 0 Å². The molecule has 0 amide bonds. The zero-order chi connectivity index (χ0) is 12.3. The van der Waals surface area contributed by atoms with Gasteiger partial charge < -0.3 is 0 Å². The number of carbonyl (C=O) groups is 1. The maximum absolute atomic E-state index is 12.3. The lowest BCUT2D eigenvalue weighted by molar-refractivity contribution is 0.0875. The quantitative estimate of drug-likeness (QED) is 0.582. The van der Waals surface area contributed by atoms with Gasteiger partial charge in [-0.05, 0) is 37.1 Å². The molecule has 0 saturated heterocycles. The number of ketones is 1. The normalized spacial score (nSPS) is 24.6. The third-order valence-corrected chi connectivity index (χ3v) is 4.50. The molecule has 0 radical (unpaired) electrons. The molecule has 2 heteroatoms. The number of benzene rings is 1. The molecule has 0 heterocycles. The molecule has 1 fully saturated rings. The van der Waals surface area contributed by atoms with Crippen LogP contribution in [0.5, 0.6) is 0 Å². The van der Waals surface area contributed by atoms with Crippen LogP contribution in [0.15, 0.2) is 29.2 Å². The molecule has 0 aliphatic heterocycles. The zero-order valence-corrected chi connectivity index (χ0v) is 11.4. The Kier molecular flexibility index (Phi) is 4.27. The van der Waals surface area contributed by atoms with Crippen LogP contribution < -0.4 is 0 Å². The van der Waals surface area contributed by atoms with E-state index in [9.17, 15) is 4.79 Å². The van der Waals surface area contributed by atoms with Crippen molar-refractivity contribution in [3.63, 3.8) is 0 Å². The Morgan fingerprint density at radius 1 is 1.12 bits per heavy atom. The van der Waals surface area contributed by atoms with Crippen LogP contribution in [0.3, 0.4) is 0 Å². The summed E-state index contributed by atoms with van der Waals surface area (Å²) in [5.41, 5.74) is 0.891. The number of hydrogen-bond acceptors (Lipinski definition) is 2. The fourth-order valence-corrected chi connectivity index (χ4v) is 2.92. The zero-order valence-electron chi connectivity index (χ0n) is 10.6. The second-order valence-corrected chi connectivity index (χ2v) is 5.93. The monoisotopic (exact) mass is 248 g/mol. The molecule has 0 aromatic heterocycles. The summed E-state index contributed by atoms with van der Waals surface area (Å²) in [6, 6.07) is 8.05. The fraction of sp³-hybridized carbons (Fsp3) is 0.533. The Balaban J connectivity index is 2.03. The smallest absolute Gasteiger partial charge is 0.165 e. The van der Waals surface area contributed by atoms with E-state index in [1.165, 1.54) is 17.7 Å². The molecule has 1 nitrogen and oxygen atoms in total. The molecule has 0 spiro atoms. The summed E-state index contributed by atoms with van der Waals surface area (Å²) < 4.78 is 0. The molecule has 1 aliphatic carbocycles. The van der Waals surface area contributed by atoms with Crippen LogP contribution in [-0.2, 0) is 0 Å². The Labute approximate surface area is 108 Å². The largest absolute Gasteiger partial charge is 0.294 e. The van der Waals surface area contributed by atoms with Gasteiger partial charge in [0.15, 0.2) is 5.78 Å². The van der Waals surface area contributed by atoms with Crippen molar-refractivity contribution in [2.45, 2.75) is 37.5 Å². The third-order valence-electron chi connectivity index (χ3n) is 3.76. The first-order valence-corrected chi connectivity index (χ1v) is 7.61. The lowest BCUT2D eigenvalue weighted by atomic mass is 9.79. The van der Waals surface area contributed by atoms with Gasteiger partial charge in [-0.15, -0.1) is 11.8 Å². The van der Waals surface area contributed by atoms with E-state index >= 15 is 0 Å². The van der Waals surface area contributed by atoms with Crippen LogP contribution in [0.4, 0.5) is 0 Å². The highest BCUT2D eigenvalue weighted by Crippen LogP contribution is 2.30. The Bertz CT molecular complexity index is 374. The minimum absolute atomic E-state index is 0.270. The van der Waals surface area contributed by atoms with E-state index in [1.807, 2.05) is 24.3 Å². The lowest BCUT2D eigenvalue weighted by Gasteiger charge is -2.25. The summed E-state index contributed by atoms with van der Waals surface area (Å²) in [4.78, 5) is 13.5. The van der Waals surface area contributed by atoms with Crippen LogP contribution in [-0.4, -0.2) is 12.0 Å². The van der Waals surface area contributed by atoms with E-state index in [0.29, 0.717) is 5.78 Å². The molecule has 0 bridgehead atoms. The highest BCUT2D eigenvalue weighted by molar-refractivity contribution is 7.98. The highest BCUT2D eigenvalue weighted by Gasteiger charge is 2.24. The van der Waals surface area contributed by atoms with Crippen molar-refractivity contribution in [3.8, 4) is 0 Å². The van der Waals surface area contributed by atoms with Crippen molar-refractivity contribution in [3.05, 3.63) is 29.8 Å². The molecule has 0 unspecified atom stereocenters. The van der Waals surface area contributed by atoms with Gasteiger partial charge >= 0.3 is 0 Å². The topological polar surface area (TPSA) is 17.1 Å². The van der Waals surface area contributed by atoms with E-state index in [4.69, 9.17) is 0 Å². The van der Waals surface area contributed by atoms with Crippen molar-refractivity contribution in [1.82, 2.24) is 0 Å². The van der Waals surface area contributed by atoms with Gasteiger partial charge in [-0.25, -0.2) is 0 Å². The molecule has 92 valence electrons. The third kappa shape index (κ3) is 3.12. The van der Waals surface area contributed by atoms with Gasteiger partial charge in [0, 0.05) is 16.4 Å². The Morgan fingerprint density at radius 2 is 1.71 bits per heavy atom. The predicted octanol–water partition coefficient (Wildman–Crippen LogP) is 4.42. The number of thioether (sulfide) groups is 1. The Hall–Kier alpha value is -0.760. The first-order chi connectivity index (χ1) is 8.20. The van der Waals surface area contributed by atoms with Gasteiger partial charge in [0.2, 0.25) is 0 Å². The van der Waals surface area contributed by atoms with Crippen molar-refractivity contribution >= 4 is 17.5 Å². The predicted molar refractivity (Wildman–Crippen MR) is 73.7 cm³/mol. The maximum Gasteiger partial charge on any atom is 0.165 e. The molecular formula is C15H20OS. The summed E-state index contributed by atoms with van der Waals surface area (Å²) in [7, 11) is 0. The van der Waals surface area contributed by atoms with Crippen LogP contribution in [0.25, 0.3) is 0 Å². The van der Waals surface area contributed by atoms with E-state index < -0.39 is 0 Å². The van der Waals surface area contributed by atoms with E-state index in [0.717, 1.165) is 24.3 Å². The second-order valence-electron chi connectivity index (χ2n) is 5.05. The molecule has 0 N–H and O–H groups in total. The first kappa shape index (κ1) is 12.7. The van der Waals surface area contributed by atoms with Gasteiger partial charge in [0.05, 0.1) is 0 Å². The van der Waals surface area contributed by atoms with Crippen LogP contribution in [0, 0.1) is 11.8 Å². The summed E-state index contributed by atoms with van der Waals surface area (Å²) in [6.07, 6.45) is 6.62. The van der Waals surface area contributed by atoms with Gasteiger partial charge in [-0.3, -0.25) is 4.79 Å². The summed E-state index contributed by atoms with van der Waals surface area (Å²) in [6.45, 7) is 2.29. The van der Waals surface area contributed by atoms with Crippen molar-refractivity contribution in [2.75, 3.05) is 6.26 Å². The van der Waals surface area contributed by atoms with Crippen molar-refractivity contribution in [2.24, 2.45) is 11.8 Å². The molecule has 1 aromatic carbocycles. The van der Waals surface area contributed by atoms with E-state index in [2.05, 4.69) is 13.2 Å². The number of rotatable bonds is 3. The lowest BCUT2D eigenvalue weighted by Crippen LogP contribution is -2.20. The van der Waals surface area contributed by atoms with Gasteiger partial charge in [-0.2, -0.15) is 0 Å². The Morgan fingerprint density at radius 3 is 2.24 bits per heavy atom. The molecular weight excluding hydrogens is 228 g/mol. The second kappa shape index (κ2) is 5.72. The van der Waals surface area contributed by atoms with E-state index in [1.54, 1.807) is 11.8 Å². The SMILES string of the molecule is CSc1ccc(C(=O)C2CCC(C)CC2)cc1. The van der Waals surface area contributed by atoms with Gasteiger partial charge in [-0.1, -0.05) is 31.9 Å². The molecule has 0 atom stereocenters. The summed E-state index contributed by atoms with van der Waals surface area (Å²) in [5.74, 6) is 1.42. The van der Waals surface area contributed by atoms with Gasteiger partial charge in [0.25, 0.3) is 0 Å². The average molecular weight is 248 g/mol. The molecule has 2 rings (SSSR count). The average Bonchev–Trinajstić information content (AvgIpc) is 2.39. The summed E-state index contributed by atoms with van der Waals surface area (Å²) in [5, 5.41) is 0. The highest BCUT2D eigenvalue weighted by atomic mass is 32.2. The molecule has 1 aliphatic rings. The molecule has 1 aromatic rings. The van der Waals surface area contributed by atoms with Crippen LogP contribution >= 0.6 is 11.8 Å². The number of carbonyl (C=O) groups excluding carboxylic acids is 1. The van der Waals surface area contributed by atoms with Crippen LogP contribution in [0.1, 0.15) is 43.0 Å². The van der Waals surface area contributed by atoms with Crippen molar-refractivity contribution < 1.29 is 4.79 Å². The minimum Gasteiger partial charge on any atom is -0.294 e. The van der Waals surface area contributed by atoms with Crippen LogP contribution in [0.2, 0.25) is 0 Å². The number of hydrogen-bond donors (Lipinski definition) is 0. The van der Waals surface area contributed by atoms with E-state index in [-0.39, 0.29) is 5.92 Å². The number of Topliss-reactive ketones (excluding diaryl/α,β-unsaturated/α-hetero) is 1. The fourth-order valence-electron chi connectivity index (χ4n) is 2.51.